The Labute approximate surface area is 112 Å². The highest BCUT2D eigenvalue weighted by Crippen LogP contribution is 2.25. The minimum Gasteiger partial charge on any atom is -0.340 e. The lowest BCUT2D eigenvalue weighted by molar-refractivity contribution is 0.461. The van der Waals surface area contributed by atoms with Gasteiger partial charge in [0.05, 0.1) is 0 Å². The molecule has 15 heavy (non-hydrogen) atoms. The van der Waals surface area contributed by atoms with E-state index in [0.29, 0.717) is 10.7 Å². The van der Waals surface area contributed by atoms with Crippen LogP contribution in [0.5, 0.6) is 0 Å². The summed E-state index contributed by atoms with van der Waals surface area (Å²) in [7, 11) is 0. The molecule has 0 aliphatic carbocycles. The van der Waals surface area contributed by atoms with Gasteiger partial charge in [-0.15, -0.1) is 0 Å². The van der Waals surface area contributed by atoms with E-state index in [1.807, 2.05) is 12.4 Å². The van der Waals surface area contributed by atoms with E-state index in [1.54, 1.807) is 0 Å². The van der Waals surface area contributed by atoms with Gasteiger partial charge in [-0.1, -0.05) is 22.9 Å². The first-order chi connectivity index (χ1) is 7.16. The van der Waals surface area contributed by atoms with Crippen molar-refractivity contribution in [1.82, 2.24) is 9.97 Å². The Morgan fingerprint density at radius 2 is 2.13 bits per heavy atom. The molecule has 0 saturated carbocycles. The van der Waals surface area contributed by atoms with Crippen LogP contribution in [0.1, 0.15) is 13.3 Å². The highest BCUT2D eigenvalue weighted by molar-refractivity contribution is 14.1. The van der Waals surface area contributed by atoms with Crippen molar-refractivity contribution in [3.63, 3.8) is 0 Å². The largest absolute Gasteiger partial charge is 0.340 e. The third kappa shape index (κ3) is 2.81. The molecule has 2 rings (SSSR count). The summed E-state index contributed by atoms with van der Waals surface area (Å²) in [5, 5.41) is 0. The summed E-state index contributed by atoms with van der Waals surface area (Å²) in [6, 6.07) is 0. The van der Waals surface area contributed by atoms with E-state index >= 15 is 0 Å². The number of piperidine rings is 1. The highest BCUT2D eigenvalue weighted by atomic mass is 127. The number of hydrogen-bond acceptors (Lipinski definition) is 3. The van der Waals surface area contributed by atoms with Crippen LogP contribution < -0.4 is 4.90 Å². The quantitative estimate of drug-likeness (QED) is 0.553. The smallest absolute Gasteiger partial charge is 0.225 e. The van der Waals surface area contributed by atoms with Crippen molar-refractivity contribution >= 4 is 44.5 Å². The van der Waals surface area contributed by atoms with Crippen LogP contribution in [-0.2, 0) is 0 Å². The number of hydrogen-bond donors (Lipinski definition) is 0. The third-order valence-electron chi connectivity index (χ3n) is 2.69. The van der Waals surface area contributed by atoms with Crippen LogP contribution in [0.4, 0.5) is 5.95 Å². The van der Waals surface area contributed by atoms with Crippen LogP contribution in [0.15, 0.2) is 12.4 Å². The fraction of sp³-hybridized carbons (Fsp3) is 0.600. The maximum Gasteiger partial charge on any atom is 0.225 e. The molecule has 0 N–H and O–H groups in total. The fourth-order valence-electron chi connectivity index (χ4n) is 1.77. The average molecular weight is 382 g/mol. The Morgan fingerprint density at radius 1 is 1.47 bits per heavy atom. The maximum absolute atomic E-state index is 4.35. The lowest BCUT2D eigenvalue weighted by Crippen LogP contribution is -2.40. The highest BCUT2D eigenvalue weighted by Gasteiger charge is 2.25. The second kappa shape index (κ2) is 4.95. The van der Waals surface area contributed by atoms with Gasteiger partial charge in [-0.2, -0.15) is 0 Å². The molecule has 3 nitrogen and oxygen atoms in total. The van der Waals surface area contributed by atoms with Crippen LogP contribution in [0.25, 0.3) is 0 Å². The molecule has 2 heterocycles. The molecule has 1 saturated heterocycles. The summed E-state index contributed by atoms with van der Waals surface area (Å²) in [5.74, 6) is 1.52. The number of aromatic nitrogens is 2. The number of nitrogens with zero attached hydrogens (tertiary/aromatic N) is 3. The lowest BCUT2D eigenvalue weighted by Gasteiger charge is -2.34. The van der Waals surface area contributed by atoms with Crippen molar-refractivity contribution < 1.29 is 0 Å². The summed E-state index contributed by atoms with van der Waals surface area (Å²) in [4.78, 5) is 11.6. The Bertz CT molecular complexity index is 330. The molecule has 82 valence electrons. The van der Waals surface area contributed by atoms with Crippen molar-refractivity contribution in [3.8, 4) is 0 Å². The summed E-state index contributed by atoms with van der Waals surface area (Å²) < 4.78 is 1.08. The monoisotopic (exact) mass is 381 g/mol. The first-order valence-electron chi connectivity index (χ1n) is 5.03. The molecule has 1 aliphatic heterocycles. The van der Waals surface area contributed by atoms with Gasteiger partial charge < -0.3 is 4.90 Å². The first kappa shape index (κ1) is 11.6. The predicted molar refractivity (Wildman–Crippen MR) is 73.5 cm³/mol. The van der Waals surface area contributed by atoms with Gasteiger partial charge in [-0.25, -0.2) is 9.97 Å². The summed E-state index contributed by atoms with van der Waals surface area (Å²) in [5.41, 5.74) is 0. The van der Waals surface area contributed by atoms with Gasteiger partial charge in [0.15, 0.2) is 0 Å². The SMILES string of the molecule is CC1CN(c2ncc(I)cn2)CCC1Br. The molecule has 0 bridgehead atoms. The molecule has 1 aromatic rings. The van der Waals surface area contributed by atoms with E-state index in [4.69, 9.17) is 0 Å². The topological polar surface area (TPSA) is 29.0 Å². The summed E-state index contributed by atoms with van der Waals surface area (Å²) >= 11 is 5.92. The minimum atomic E-state index is 0.637. The molecule has 1 aromatic heterocycles. The van der Waals surface area contributed by atoms with Crippen molar-refractivity contribution in [2.75, 3.05) is 18.0 Å². The maximum atomic E-state index is 4.35. The van der Waals surface area contributed by atoms with Crippen LogP contribution in [0.2, 0.25) is 0 Å². The van der Waals surface area contributed by atoms with Crippen molar-refractivity contribution in [1.29, 1.82) is 0 Å². The molecule has 1 fully saturated rings. The summed E-state index contributed by atoms with van der Waals surface area (Å²) in [6.45, 7) is 4.34. The average Bonchev–Trinajstić information content (AvgIpc) is 2.23. The zero-order valence-corrected chi connectivity index (χ0v) is 12.3. The Balaban J connectivity index is 2.08. The Hall–Kier alpha value is 0.0900. The van der Waals surface area contributed by atoms with Crippen molar-refractivity contribution in [2.24, 2.45) is 5.92 Å². The number of anilines is 1. The molecule has 5 heteroatoms. The molecule has 2 atom stereocenters. The molecule has 1 aliphatic rings. The Kier molecular flexibility index (Phi) is 3.82. The van der Waals surface area contributed by atoms with Crippen LogP contribution >= 0.6 is 38.5 Å². The predicted octanol–water partition coefficient (Wildman–Crippen LogP) is 2.69. The zero-order chi connectivity index (χ0) is 10.8. The van der Waals surface area contributed by atoms with Gasteiger partial charge in [-0.3, -0.25) is 0 Å². The molecule has 0 spiro atoms. The summed E-state index contributed by atoms with van der Waals surface area (Å²) in [6.07, 6.45) is 4.90. The number of halogens is 2. The number of alkyl halides is 1. The van der Waals surface area contributed by atoms with E-state index in [2.05, 4.69) is 60.3 Å². The molecule has 0 radical (unpaired) electrons. The van der Waals surface area contributed by atoms with Gasteiger partial charge in [0, 0.05) is 33.9 Å². The molecule has 0 aromatic carbocycles. The fourth-order valence-corrected chi connectivity index (χ4v) is 2.42. The van der Waals surface area contributed by atoms with E-state index < -0.39 is 0 Å². The van der Waals surface area contributed by atoms with Gasteiger partial charge in [0.2, 0.25) is 5.95 Å². The molecule has 0 amide bonds. The molecule has 2 unspecified atom stereocenters. The van der Waals surface area contributed by atoms with Gasteiger partial charge >= 0.3 is 0 Å². The van der Waals surface area contributed by atoms with Crippen LogP contribution in [-0.4, -0.2) is 27.9 Å². The van der Waals surface area contributed by atoms with Crippen LogP contribution in [0.3, 0.4) is 0 Å². The van der Waals surface area contributed by atoms with Gasteiger partial charge in [0.1, 0.15) is 0 Å². The molecular weight excluding hydrogens is 369 g/mol. The lowest BCUT2D eigenvalue weighted by atomic mass is 10.0. The normalized spacial score (nSPS) is 26.7. The second-order valence-electron chi connectivity index (χ2n) is 3.93. The van der Waals surface area contributed by atoms with E-state index in [9.17, 15) is 0 Å². The Morgan fingerprint density at radius 3 is 2.73 bits per heavy atom. The number of rotatable bonds is 1. The zero-order valence-electron chi connectivity index (χ0n) is 8.53. The van der Waals surface area contributed by atoms with Gasteiger partial charge in [-0.05, 0) is 34.9 Å². The standard InChI is InChI=1S/C10H13BrIN3/c1-7-6-15(3-2-9(7)11)10-13-4-8(12)5-14-10/h4-5,7,9H,2-3,6H2,1H3. The molecular formula is C10H13BrIN3. The van der Waals surface area contributed by atoms with E-state index in [0.717, 1.165) is 29.0 Å². The van der Waals surface area contributed by atoms with Gasteiger partial charge in [0.25, 0.3) is 0 Å². The van der Waals surface area contributed by atoms with E-state index in [1.165, 1.54) is 0 Å². The van der Waals surface area contributed by atoms with Crippen LogP contribution in [0, 0.1) is 9.49 Å². The second-order valence-corrected chi connectivity index (χ2v) is 6.35. The van der Waals surface area contributed by atoms with E-state index in [-0.39, 0.29) is 0 Å². The first-order valence-corrected chi connectivity index (χ1v) is 7.03. The van der Waals surface area contributed by atoms with Crippen molar-refractivity contribution in [3.05, 3.63) is 16.0 Å². The minimum absolute atomic E-state index is 0.637. The third-order valence-corrected chi connectivity index (χ3v) is 4.61. The van der Waals surface area contributed by atoms with Crippen molar-refractivity contribution in [2.45, 2.75) is 18.2 Å².